The van der Waals surface area contributed by atoms with E-state index in [0.717, 1.165) is 0 Å². The first kappa shape index (κ1) is 22.3. The summed E-state index contributed by atoms with van der Waals surface area (Å²) in [7, 11) is -2.21. The van der Waals surface area contributed by atoms with Gasteiger partial charge in [-0.3, -0.25) is 4.79 Å². The highest BCUT2D eigenvalue weighted by atomic mass is 35.5. The van der Waals surface area contributed by atoms with Crippen molar-refractivity contribution in [3.05, 3.63) is 71.5 Å². The highest BCUT2D eigenvalue weighted by Gasteiger charge is 2.26. The van der Waals surface area contributed by atoms with Gasteiger partial charge in [-0.2, -0.15) is 4.31 Å². The number of amides is 1. The molecule has 4 rings (SSSR count). The van der Waals surface area contributed by atoms with Gasteiger partial charge in [0.1, 0.15) is 5.75 Å². The molecule has 1 aliphatic heterocycles. The molecule has 2 aromatic carbocycles. The van der Waals surface area contributed by atoms with E-state index in [2.05, 4.69) is 5.32 Å². The summed E-state index contributed by atoms with van der Waals surface area (Å²) >= 11 is 6.42. The Morgan fingerprint density at radius 3 is 2.50 bits per heavy atom. The molecule has 32 heavy (non-hydrogen) atoms. The molecule has 0 saturated carbocycles. The third-order valence-corrected chi connectivity index (χ3v) is 7.29. The number of carbonyl (C=O) groups is 1. The van der Waals surface area contributed by atoms with Crippen LogP contribution in [0, 0.1) is 0 Å². The molecule has 0 bridgehead atoms. The summed E-state index contributed by atoms with van der Waals surface area (Å²) in [5.41, 5.74) is 1.25. The van der Waals surface area contributed by atoms with Gasteiger partial charge in [0.15, 0.2) is 0 Å². The topological polar surface area (TPSA) is 89.9 Å². The molecule has 1 N–H and O–H groups in total. The maximum absolute atomic E-state index is 13.0. The Labute approximate surface area is 191 Å². The number of hydrogen-bond donors (Lipinski definition) is 1. The number of nitrogens with one attached hydrogen (secondary N) is 1. The molecule has 168 valence electrons. The van der Waals surface area contributed by atoms with Crippen LogP contribution in [0.5, 0.6) is 5.75 Å². The lowest BCUT2D eigenvalue weighted by Gasteiger charge is -2.26. The lowest BCUT2D eigenvalue weighted by molar-refractivity contribution is 0.0730. The van der Waals surface area contributed by atoms with Crippen LogP contribution >= 0.6 is 11.6 Å². The Kier molecular flexibility index (Phi) is 6.52. The highest BCUT2D eigenvalue weighted by molar-refractivity contribution is 7.89. The molecule has 0 unspecified atom stereocenters. The number of nitrogens with zero attached hydrogens (tertiary/aromatic N) is 2. The first-order chi connectivity index (χ1) is 15.4. The Morgan fingerprint density at radius 1 is 1.09 bits per heavy atom. The average molecular weight is 476 g/mol. The van der Waals surface area contributed by atoms with Gasteiger partial charge in [0.25, 0.3) is 5.91 Å². The van der Waals surface area contributed by atoms with Crippen molar-refractivity contribution in [2.45, 2.75) is 4.90 Å². The van der Waals surface area contributed by atoms with Crippen molar-refractivity contribution in [1.29, 1.82) is 0 Å². The third-order valence-electron chi connectivity index (χ3n) is 5.10. The molecule has 0 aliphatic carbocycles. The second kappa shape index (κ2) is 9.33. The van der Waals surface area contributed by atoms with E-state index in [0.29, 0.717) is 48.5 Å². The van der Waals surface area contributed by atoms with Crippen molar-refractivity contribution in [2.24, 2.45) is 0 Å². The fourth-order valence-corrected chi connectivity index (χ4v) is 5.17. The minimum absolute atomic E-state index is 0.102. The van der Waals surface area contributed by atoms with Gasteiger partial charge in [0, 0.05) is 37.2 Å². The van der Waals surface area contributed by atoms with Gasteiger partial charge in [-0.1, -0.05) is 17.7 Å². The van der Waals surface area contributed by atoms with E-state index in [-0.39, 0.29) is 10.5 Å². The molecule has 8 nitrogen and oxygen atoms in total. The number of halogens is 1. The van der Waals surface area contributed by atoms with E-state index in [4.69, 9.17) is 21.1 Å². The average Bonchev–Trinajstić information content (AvgIpc) is 3.34. The number of rotatable bonds is 6. The predicted molar refractivity (Wildman–Crippen MR) is 121 cm³/mol. The molecule has 0 radical (unpaired) electrons. The zero-order valence-electron chi connectivity index (χ0n) is 17.3. The Morgan fingerprint density at radius 2 is 1.81 bits per heavy atom. The van der Waals surface area contributed by atoms with E-state index in [1.54, 1.807) is 18.2 Å². The van der Waals surface area contributed by atoms with Crippen LogP contribution in [0.3, 0.4) is 0 Å². The summed E-state index contributed by atoms with van der Waals surface area (Å²) < 4.78 is 39.6. The van der Waals surface area contributed by atoms with Crippen molar-refractivity contribution >= 4 is 33.2 Å². The fraction of sp³-hybridized carbons (Fsp3) is 0.227. The summed E-state index contributed by atoms with van der Waals surface area (Å²) in [6, 6.07) is 13.1. The zero-order chi connectivity index (χ0) is 22.7. The first-order valence-corrected chi connectivity index (χ1v) is 11.7. The molecule has 1 amide bonds. The van der Waals surface area contributed by atoms with Crippen molar-refractivity contribution in [1.82, 2.24) is 8.87 Å². The second-order valence-corrected chi connectivity index (χ2v) is 9.44. The molecule has 1 aromatic heterocycles. The fourth-order valence-electron chi connectivity index (χ4n) is 3.45. The molecule has 1 saturated heterocycles. The van der Waals surface area contributed by atoms with Crippen LogP contribution in [0.1, 0.15) is 10.4 Å². The molecule has 1 fully saturated rings. The molecule has 0 atom stereocenters. The Hall–Kier alpha value is -2.85. The summed E-state index contributed by atoms with van der Waals surface area (Å²) in [5.74, 6) is -0.128. The maximum Gasteiger partial charge on any atom is 0.259 e. The minimum atomic E-state index is -3.68. The van der Waals surface area contributed by atoms with E-state index in [1.165, 1.54) is 29.6 Å². The SMILES string of the molecule is COc1cc(-n2cccc2)c(Cl)cc1C(=O)Nc1cccc(S(=O)(=O)N2CCOCC2)c1. The van der Waals surface area contributed by atoms with Crippen molar-refractivity contribution in [2.75, 3.05) is 38.7 Å². The summed E-state index contributed by atoms with van der Waals surface area (Å²) in [5, 5.41) is 3.11. The number of hydrogen-bond acceptors (Lipinski definition) is 5. The number of carbonyl (C=O) groups excluding carboxylic acids is 1. The number of benzene rings is 2. The largest absolute Gasteiger partial charge is 0.496 e. The molecule has 1 aliphatic rings. The molecular weight excluding hydrogens is 454 g/mol. The Balaban J connectivity index is 1.59. The van der Waals surface area contributed by atoms with Gasteiger partial charge in [0.05, 0.1) is 41.5 Å². The van der Waals surface area contributed by atoms with Gasteiger partial charge in [0.2, 0.25) is 10.0 Å². The predicted octanol–water partition coefficient (Wildman–Crippen LogP) is 3.41. The summed E-state index contributed by atoms with van der Waals surface area (Å²) in [4.78, 5) is 13.1. The normalized spacial score (nSPS) is 14.8. The van der Waals surface area contributed by atoms with Gasteiger partial charge in [-0.05, 0) is 36.4 Å². The van der Waals surface area contributed by atoms with Crippen molar-refractivity contribution in [3.8, 4) is 11.4 Å². The molecule has 10 heteroatoms. The molecule has 0 spiro atoms. The highest BCUT2D eigenvalue weighted by Crippen LogP contribution is 2.31. The number of ether oxygens (including phenoxy) is 2. The van der Waals surface area contributed by atoms with Crippen molar-refractivity contribution < 1.29 is 22.7 Å². The number of morpholine rings is 1. The van der Waals surface area contributed by atoms with Crippen LogP contribution < -0.4 is 10.1 Å². The molecule has 2 heterocycles. The summed E-state index contributed by atoms with van der Waals surface area (Å²) in [6.07, 6.45) is 3.67. The quantitative estimate of drug-likeness (QED) is 0.590. The van der Waals surface area contributed by atoms with Crippen LogP contribution in [0.2, 0.25) is 5.02 Å². The lowest BCUT2D eigenvalue weighted by Crippen LogP contribution is -2.40. The van der Waals surface area contributed by atoms with Crippen LogP contribution in [0.15, 0.2) is 65.8 Å². The number of sulfonamides is 1. The van der Waals surface area contributed by atoms with Gasteiger partial charge in [-0.25, -0.2) is 8.42 Å². The van der Waals surface area contributed by atoms with Gasteiger partial charge in [-0.15, -0.1) is 0 Å². The summed E-state index contributed by atoms with van der Waals surface area (Å²) in [6.45, 7) is 1.30. The number of aromatic nitrogens is 1. The maximum atomic E-state index is 13.0. The molecular formula is C22H22ClN3O5S. The number of anilines is 1. The van der Waals surface area contributed by atoms with Crippen molar-refractivity contribution in [3.63, 3.8) is 0 Å². The van der Waals surface area contributed by atoms with Gasteiger partial charge < -0.3 is 19.4 Å². The number of methoxy groups -OCH3 is 1. The molecule has 3 aromatic rings. The van der Waals surface area contributed by atoms with Crippen LogP contribution in [-0.4, -0.2) is 56.6 Å². The van der Waals surface area contributed by atoms with Crippen LogP contribution in [0.25, 0.3) is 5.69 Å². The smallest absolute Gasteiger partial charge is 0.259 e. The van der Waals surface area contributed by atoms with Crippen LogP contribution in [-0.2, 0) is 14.8 Å². The van der Waals surface area contributed by atoms with E-state index in [9.17, 15) is 13.2 Å². The second-order valence-electron chi connectivity index (χ2n) is 7.09. The minimum Gasteiger partial charge on any atom is -0.496 e. The van der Waals surface area contributed by atoms with Gasteiger partial charge >= 0.3 is 0 Å². The standard InChI is InChI=1S/C22H22ClN3O5S/c1-30-21-15-20(25-7-2-3-8-25)19(23)14-18(21)22(27)24-16-5-4-6-17(13-16)32(28,29)26-9-11-31-12-10-26/h2-8,13-15H,9-12H2,1H3,(H,24,27). The Bertz CT molecular complexity index is 1220. The van der Waals surface area contributed by atoms with Crippen LogP contribution in [0.4, 0.5) is 5.69 Å². The van der Waals surface area contributed by atoms with E-state index in [1.807, 2.05) is 29.1 Å². The monoisotopic (exact) mass is 475 g/mol. The lowest BCUT2D eigenvalue weighted by atomic mass is 10.1. The third kappa shape index (κ3) is 4.51. The zero-order valence-corrected chi connectivity index (χ0v) is 18.9. The van der Waals surface area contributed by atoms with E-state index >= 15 is 0 Å². The van der Waals surface area contributed by atoms with E-state index < -0.39 is 15.9 Å². The first-order valence-electron chi connectivity index (χ1n) is 9.90.